The van der Waals surface area contributed by atoms with Gasteiger partial charge in [-0.3, -0.25) is 9.59 Å². The van der Waals surface area contributed by atoms with E-state index in [2.05, 4.69) is 20.5 Å². The Balaban J connectivity index is 1.26. The first-order valence-electron chi connectivity index (χ1n) is 10.6. The van der Waals surface area contributed by atoms with Crippen LogP contribution in [0.25, 0.3) is 16.5 Å². The zero-order chi connectivity index (χ0) is 21.2. The van der Waals surface area contributed by atoms with Gasteiger partial charge in [-0.1, -0.05) is 24.3 Å². The molecule has 156 valence electrons. The molecule has 7 nitrogen and oxygen atoms in total. The van der Waals surface area contributed by atoms with Gasteiger partial charge < -0.3 is 9.88 Å². The molecule has 0 aliphatic heterocycles. The molecule has 2 N–H and O–H groups in total. The van der Waals surface area contributed by atoms with Crippen molar-refractivity contribution in [1.82, 2.24) is 25.1 Å². The second kappa shape index (κ2) is 8.18. The number of fused-ring (bicyclic) bond motifs is 1. The van der Waals surface area contributed by atoms with E-state index in [1.165, 1.54) is 0 Å². The molecule has 1 fully saturated rings. The molecule has 0 atom stereocenters. The maximum atomic E-state index is 12.8. The van der Waals surface area contributed by atoms with Gasteiger partial charge in [0.2, 0.25) is 0 Å². The van der Waals surface area contributed by atoms with Gasteiger partial charge in [0.15, 0.2) is 0 Å². The van der Waals surface area contributed by atoms with E-state index in [1.807, 2.05) is 59.3 Å². The van der Waals surface area contributed by atoms with Gasteiger partial charge in [-0.05, 0) is 49.9 Å². The molecule has 1 amide bonds. The van der Waals surface area contributed by atoms with E-state index in [1.54, 1.807) is 12.5 Å². The van der Waals surface area contributed by atoms with E-state index in [-0.39, 0.29) is 23.4 Å². The van der Waals surface area contributed by atoms with Crippen LogP contribution in [0, 0.1) is 0 Å². The third-order valence-electron chi connectivity index (χ3n) is 6.09. The van der Waals surface area contributed by atoms with E-state index in [0.717, 1.165) is 42.5 Å². The van der Waals surface area contributed by atoms with Gasteiger partial charge >= 0.3 is 0 Å². The smallest absolute Gasteiger partial charge is 0.272 e. The number of amides is 1. The Hall–Kier alpha value is -3.74. The van der Waals surface area contributed by atoms with Crippen LogP contribution in [0.15, 0.2) is 72.0 Å². The summed E-state index contributed by atoms with van der Waals surface area (Å²) >= 11 is 0. The number of nitrogens with one attached hydrogen (secondary N) is 2. The Bertz CT molecular complexity index is 1270. The van der Waals surface area contributed by atoms with Crippen molar-refractivity contribution < 1.29 is 4.79 Å². The number of carbonyl (C=O) groups excluding carboxylic acids is 1. The molecule has 0 radical (unpaired) electrons. The average Bonchev–Trinajstić information content (AvgIpc) is 3.36. The van der Waals surface area contributed by atoms with Crippen LogP contribution in [0.4, 0.5) is 0 Å². The number of aromatic nitrogens is 4. The first-order chi connectivity index (χ1) is 15.2. The highest BCUT2D eigenvalue weighted by molar-refractivity contribution is 5.95. The Morgan fingerprint density at radius 1 is 1.03 bits per heavy atom. The molecule has 1 aliphatic carbocycles. The van der Waals surface area contributed by atoms with Crippen LogP contribution in [0.1, 0.15) is 47.7 Å². The summed E-state index contributed by atoms with van der Waals surface area (Å²) in [5.74, 6) is 0.220. The van der Waals surface area contributed by atoms with Crippen molar-refractivity contribution in [1.29, 1.82) is 0 Å². The SMILES string of the molecule is O=C(N[C@H]1CC[C@H](c2n[nH]c(=O)c3ccccc32)CC1)c1cccc(-n2ccnc2)c1. The molecule has 0 unspecified atom stereocenters. The minimum absolute atomic E-state index is 0.0574. The molecule has 0 bridgehead atoms. The fourth-order valence-corrected chi connectivity index (χ4v) is 4.45. The predicted molar refractivity (Wildman–Crippen MR) is 118 cm³/mol. The van der Waals surface area contributed by atoms with Gasteiger partial charge in [-0.15, -0.1) is 0 Å². The molecular weight excluding hydrogens is 390 g/mol. The number of nitrogens with zero attached hydrogens (tertiary/aromatic N) is 3. The fraction of sp³-hybridized carbons (Fsp3) is 0.250. The molecule has 4 aromatic rings. The number of aromatic amines is 1. The molecular formula is C24H23N5O2. The Morgan fingerprint density at radius 3 is 2.61 bits per heavy atom. The van der Waals surface area contributed by atoms with Gasteiger partial charge in [-0.25, -0.2) is 10.1 Å². The molecule has 0 saturated heterocycles. The van der Waals surface area contributed by atoms with Gasteiger partial charge in [0.05, 0.1) is 17.4 Å². The van der Waals surface area contributed by atoms with Crippen molar-refractivity contribution in [2.45, 2.75) is 37.6 Å². The number of H-pyrrole nitrogens is 1. The summed E-state index contributed by atoms with van der Waals surface area (Å²) in [5.41, 5.74) is 2.35. The second-order valence-corrected chi connectivity index (χ2v) is 8.03. The van der Waals surface area contributed by atoms with Crippen molar-refractivity contribution in [2.75, 3.05) is 0 Å². The minimum atomic E-state index is -0.154. The lowest BCUT2D eigenvalue weighted by Crippen LogP contribution is -2.37. The zero-order valence-corrected chi connectivity index (χ0v) is 17.0. The highest BCUT2D eigenvalue weighted by atomic mass is 16.1. The molecule has 1 aliphatic rings. The summed E-state index contributed by atoms with van der Waals surface area (Å²) < 4.78 is 1.88. The topological polar surface area (TPSA) is 92.7 Å². The molecule has 2 heterocycles. The molecule has 0 spiro atoms. The molecule has 1 saturated carbocycles. The first kappa shape index (κ1) is 19.2. The van der Waals surface area contributed by atoms with E-state index < -0.39 is 0 Å². The maximum absolute atomic E-state index is 12.8. The zero-order valence-electron chi connectivity index (χ0n) is 17.0. The van der Waals surface area contributed by atoms with Crippen LogP contribution in [0.3, 0.4) is 0 Å². The Labute approximate surface area is 179 Å². The minimum Gasteiger partial charge on any atom is -0.349 e. The predicted octanol–water partition coefficient (Wildman–Crippen LogP) is 3.57. The number of benzene rings is 2. The van der Waals surface area contributed by atoms with Crippen LogP contribution < -0.4 is 10.9 Å². The molecule has 31 heavy (non-hydrogen) atoms. The highest BCUT2D eigenvalue weighted by Crippen LogP contribution is 2.34. The average molecular weight is 413 g/mol. The number of hydrogen-bond donors (Lipinski definition) is 2. The lowest BCUT2D eigenvalue weighted by atomic mass is 9.82. The van der Waals surface area contributed by atoms with Gasteiger partial charge in [0.1, 0.15) is 0 Å². The van der Waals surface area contributed by atoms with Gasteiger partial charge in [0.25, 0.3) is 11.5 Å². The summed E-state index contributed by atoms with van der Waals surface area (Å²) in [7, 11) is 0. The third kappa shape index (κ3) is 3.86. The second-order valence-electron chi connectivity index (χ2n) is 8.03. The van der Waals surface area contributed by atoms with E-state index in [0.29, 0.717) is 10.9 Å². The van der Waals surface area contributed by atoms with Crippen molar-refractivity contribution in [3.63, 3.8) is 0 Å². The van der Waals surface area contributed by atoms with Crippen molar-refractivity contribution in [3.8, 4) is 5.69 Å². The van der Waals surface area contributed by atoms with E-state index in [4.69, 9.17) is 0 Å². The number of rotatable bonds is 4. The monoisotopic (exact) mass is 413 g/mol. The molecule has 2 aromatic carbocycles. The molecule has 5 rings (SSSR count). The summed E-state index contributed by atoms with van der Waals surface area (Å²) in [5, 5.41) is 11.8. The number of carbonyl (C=O) groups is 1. The number of hydrogen-bond acceptors (Lipinski definition) is 4. The highest BCUT2D eigenvalue weighted by Gasteiger charge is 2.26. The van der Waals surface area contributed by atoms with E-state index in [9.17, 15) is 9.59 Å². The van der Waals surface area contributed by atoms with Crippen molar-refractivity contribution in [3.05, 3.63) is 88.9 Å². The van der Waals surface area contributed by atoms with E-state index >= 15 is 0 Å². The summed E-state index contributed by atoms with van der Waals surface area (Å²) in [4.78, 5) is 28.9. The lowest BCUT2D eigenvalue weighted by molar-refractivity contribution is 0.0925. The lowest BCUT2D eigenvalue weighted by Gasteiger charge is -2.29. The largest absolute Gasteiger partial charge is 0.349 e. The Kier molecular flexibility index (Phi) is 5.08. The van der Waals surface area contributed by atoms with Gasteiger partial charge in [0, 0.05) is 41.0 Å². The molecule has 2 aromatic heterocycles. The van der Waals surface area contributed by atoms with Crippen LogP contribution in [0.5, 0.6) is 0 Å². The normalized spacial score (nSPS) is 18.7. The van der Waals surface area contributed by atoms with Crippen LogP contribution in [-0.4, -0.2) is 31.7 Å². The van der Waals surface area contributed by atoms with Crippen LogP contribution >= 0.6 is 0 Å². The Morgan fingerprint density at radius 2 is 1.84 bits per heavy atom. The summed E-state index contributed by atoms with van der Waals surface area (Å²) in [6.07, 6.45) is 8.89. The van der Waals surface area contributed by atoms with Gasteiger partial charge in [-0.2, -0.15) is 5.10 Å². The summed E-state index contributed by atoms with van der Waals surface area (Å²) in [6.45, 7) is 0. The quantitative estimate of drug-likeness (QED) is 0.535. The number of imidazole rings is 1. The fourth-order valence-electron chi connectivity index (χ4n) is 4.45. The van der Waals surface area contributed by atoms with Crippen LogP contribution in [-0.2, 0) is 0 Å². The third-order valence-corrected chi connectivity index (χ3v) is 6.09. The molecule has 7 heteroatoms. The van der Waals surface area contributed by atoms with Crippen LogP contribution in [0.2, 0.25) is 0 Å². The van der Waals surface area contributed by atoms with Crippen molar-refractivity contribution >= 4 is 16.7 Å². The standard InChI is InChI=1S/C24H23N5O2/c30-23(17-4-3-5-19(14-17)29-13-12-25-15-29)26-18-10-8-16(9-11-18)22-20-6-1-2-7-21(20)24(31)28-27-22/h1-7,12-16,18H,8-11H2,(H,26,30)(H,28,31)/t16-,18-. The van der Waals surface area contributed by atoms with Crippen molar-refractivity contribution in [2.24, 2.45) is 0 Å². The summed E-state index contributed by atoms with van der Waals surface area (Å²) in [6, 6.07) is 15.3. The first-order valence-corrected chi connectivity index (χ1v) is 10.6. The maximum Gasteiger partial charge on any atom is 0.272 e.